The summed E-state index contributed by atoms with van der Waals surface area (Å²) >= 11 is 0. The number of carbonyl (C=O) groups is 2. The molecule has 0 bridgehead atoms. The van der Waals surface area contributed by atoms with Crippen LogP contribution in [0.3, 0.4) is 0 Å². The van der Waals surface area contributed by atoms with E-state index in [1.807, 2.05) is 38.1 Å². The molecule has 1 rings (SSSR count). The molecule has 0 radical (unpaired) electrons. The number of hydrogen-bond donors (Lipinski definition) is 1. The molecule has 0 heterocycles. The first-order valence-electron chi connectivity index (χ1n) is 6.26. The van der Waals surface area contributed by atoms with Crippen LogP contribution in [-0.4, -0.2) is 42.1 Å². The average Bonchev–Trinajstić information content (AvgIpc) is 2.39. The smallest absolute Gasteiger partial charge is 0.324 e. The monoisotopic (exact) mass is 264 g/mol. The van der Waals surface area contributed by atoms with Crippen LogP contribution in [0.1, 0.15) is 18.9 Å². The molecule has 0 atom stereocenters. The Bertz CT molecular complexity index is 443. The Hall–Kier alpha value is -2.04. The molecule has 1 aromatic carbocycles. The van der Waals surface area contributed by atoms with Gasteiger partial charge in [-0.2, -0.15) is 0 Å². The fraction of sp³-hybridized carbons (Fsp3) is 0.429. The molecule has 0 unspecified atom stereocenters. The predicted molar refractivity (Wildman–Crippen MR) is 74.5 cm³/mol. The zero-order valence-corrected chi connectivity index (χ0v) is 11.6. The number of carboxylic acids is 1. The van der Waals surface area contributed by atoms with Crippen LogP contribution in [0.25, 0.3) is 0 Å². The van der Waals surface area contributed by atoms with Crippen LogP contribution in [0.4, 0.5) is 10.5 Å². The van der Waals surface area contributed by atoms with E-state index in [1.165, 1.54) is 4.90 Å². The number of nitrogens with zero attached hydrogens (tertiary/aromatic N) is 2. The molecule has 5 heteroatoms. The van der Waals surface area contributed by atoms with Gasteiger partial charge in [0, 0.05) is 25.8 Å². The molecule has 5 nitrogen and oxygen atoms in total. The summed E-state index contributed by atoms with van der Waals surface area (Å²) < 4.78 is 0. The van der Waals surface area contributed by atoms with Gasteiger partial charge < -0.3 is 10.0 Å². The molecule has 1 N–H and O–H groups in total. The second-order valence-electron chi connectivity index (χ2n) is 4.43. The Morgan fingerprint density at radius 2 is 1.79 bits per heavy atom. The topological polar surface area (TPSA) is 60.9 Å². The molecule has 0 aliphatic rings. The Labute approximate surface area is 113 Å². The molecule has 1 aromatic rings. The molecule has 0 aliphatic heterocycles. The SMILES string of the molecule is CCN(C)C(=O)N(CCC(=O)O)c1ccc(C)cc1. The van der Waals surface area contributed by atoms with E-state index in [0.29, 0.717) is 6.54 Å². The summed E-state index contributed by atoms with van der Waals surface area (Å²) in [5, 5.41) is 8.78. The second kappa shape index (κ2) is 6.78. The highest BCUT2D eigenvalue weighted by molar-refractivity contribution is 5.92. The number of anilines is 1. The third kappa shape index (κ3) is 4.28. The average molecular weight is 264 g/mol. The first kappa shape index (κ1) is 15.0. The number of amides is 2. The lowest BCUT2D eigenvalue weighted by molar-refractivity contribution is -0.136. The summed E-state index contributed by atoms with van der Waals surface area (Å²) in [6.45, 7) is 4.59. The van der Waals surface area contributed by atoms with E-state index in [9.17, 15) is 9.59 Å². The van der Waals surface area contributed by atoms with Crippen molar-refractivity contribution < 1.29 is 14.7 Å². The van der Waals surface area contributed by atoms with Gasteiger partial charge in [0.05, 0.1) is 6.42 Å². The molecular weight excluding hydrogens is 244 g/mol. The Balaban J connectivity index is 2.94. The molecule has 0 saturated carbocycles. The van der Waals surface area contributed by atoms with Gasteiger partial charge in [-0.15, -0.1) is 0 Å². The van der Waals surface area contributed by atoms with Crippen molar-refractivity contribution in [1.82, 2.24) is 4.90 Å². The molecule has 0 saturated heterocycles. The molecule has 2 amide bonds. The normalized spacial score (nSPS) is 10.1. The minimum Gasteiger partial charge on any atom is -0.481 e. The maximum atomic E-state index is 12.2. The highest BCUT2D eigenvalue weighted by Crippen LogP contribution is 2.17. The van der Waals surface area contributed by atoms with E-state index in [-0.39, 0.29) is 19.0 Å². The van der Waals surface area contributed by atoms with E-state index < -0.39 is 5.97 Å². The van der Waals surface area contributed by atoms with E-state index in [4.69, 9.17) is 5.11 Å². The van der Waals surface area contributed by atoms with Crippen LogP contribution in [-0.2, 0) is 4.79 Å². The summed E-state index contributed by atoms with van der Waals surface area (Å²) in [5.41, 5.74) is 1.82. The van der Waals surface area contributed by atoms with Crippen LogP contribution >= 0.6 is 0 Å². The molecule has 0 aliphatic carbocycles. The summed E-state index contributed by atoms with van der Waals surface area (Å²) in [4.78, 5) is 26.0. The van der Waals surface area contributed by atoms with Gasteiger partial charge >= 0.3 is 12.0 Å². The van der Waals surface area contributed by atoms with Gasteiger partial charge in [0.15, 0.2) is 0 Å². The van der Waals surface area contributed by atoms with Crippen molar-refractivity contribution in [2.24, 2.45) is 0 Å². The zero-order chi connectivity index (χ0) is 14.4. The molecule has 19 heavy (non-hydrogen) atoms. The molecule has 0 spiro atoms. The molecule has 0 aromatic heterocycles. The number of aliphatic carboxylic acids is 1. The van der Waals surface area contributed by atoms with Gasteiger partial charge in [-0.25, -0.2) is 4.79 Å². The summed E-state index contributed by atoms with van der Waals surface area (Å²) in [7, 11) is 1.70. The third-order valence-corrected chi connectivity index (χ3v) is 2.93. The fourth-order valence-corrected chi connectivity index (χ4v) is 1.61. The fourth-order valence-electron chi connectivity index (χ4n) is 1.61. The summed E-state index contributed by atoms with van der Waals surface area (Å²) in [6, 6.07) is 7.29. The second-order valence-corrected chi connectivity index (χ2v) is 4.43. The van der Waals surface area contributed by atoms with Gasteiger partial charge in [-0.05, 0) is 26.0 Å². The predicted octanol–water partition coefficient (Wildman–Crippen LogP) is 2.35. The highest BCUT2D eigenvalue weighted by Gasteiger charge is 2.19. The van der Waals surface area contributed by atoms with Crippen LogP contribution in [0.15, 0.2) is 24.3 Å². The van der Waals surface area contributed by atoms with Gasteiger partial charge in [-0.3, -0.25) is 9.69 Å². The lowest BCUT2D eigenvalue weighted by Crippen LogP contribution is -2.42. The van der Waals surface area contributed by atoms with Crippen molar-refractivity contribution in [3.05, 3.63) is 29.8 Å². The van der Waals surface area contributed by atoms with E-state index in [2.05, 4.69) is 0 Å². The maximum absolute atomic E-state index is 12.2. The molecule has 104 valence electrons. The quantitative estimate of drug-likeness (QED) is 0.888. The molecular formula is C14H20N2O3. The van der Waals surface area contributed by atoms with Crippen molar-refractivity contribution in [3.8, 4) is 0 Å². The highest BCUT2D eigenvalue weighted by atomic mass is 16.4. The van der Waals surface area contributed by atoms with Gasteiger partial charge in [0.25, 0.3) is 0 Å². The minimum absolute atomic E-state index is 0.0723. The van der Waals surface area contributed by atoms with E-state index in [0.717, 1.165) is 11.3 Å². The van der Waals surface area contributed by atoms with Gasteiger partial charge in [0.2, 0.25) is 0 Å². The van der Waals surface area contributed by atoms with Crippen molar-refractivity contribution in [2.45, 2.75) is 20.3 Å². The van der Waals surface area contributed by atoms with Crippen LogP contribution < -0.4 is 4.90 Å². The van der Waals surface area contributed by atoms with Gasteiger partial charge in [-0.1, -0.05) is 17.7 Å². The van der Waals surface area contributed by atoms with Gasteiger partial charge in [0.1, 0.15) is 0 Å². The number of urea groups is 1. The minimum atomic E-state index is -0.913. The number of rotatable bonds is 5. The van der Waals surface area contributed by atoms with E-state index >= 15 is 0 Å². The van der Waals surface area contributed by atoms with Crippen LogP contribution in [0, 0.1) is 6.92 Å². The lowest BCUT2D eigenvalue weighted by Gasteiger charge is -2.27. The molecule has 0 fully saturated rings. The van der Waals surface area contributed by atoms with Crippen molar-refractivity contribution in [3.63, 3.8) is 0 Å². The number of aryl methyl sites for hydroxylation is 1. The van der Waals surface area contributed by atoms with E-state index in [1.54, 1.807) is 11.9 Å². The number of benzene rings is 1. The van der Waals surface area contributed by atoms with Crippen molar-refractivity contribution in [1.29, 1.82) is 0 Å². The first-order chi connectivity index (χ1) is 8.95. The third-order valence-electron chi connectivity index (χ3n) is 2.93. The number of carbonyl (C=O) groups excluding carboxylic acids is 1. The summed E-state index contributed by atoms with van der Waals surface area (Å²) in [6.07, 6.45) is -0.0723. The first-order valence-corrected chi connectivity index (χ1v) is 6.26. The number of hydrogen-bond acceptors (Lipinski definition) is 2. The lowest BCUT2D eigenvalue weighted by atomic mass is 10.2. The Morgan fingerprint density at radius 1 is 1.21 bits per heavy atom. The Morgan fingerprint density at radius 3 is 2.26 bits per heavy atom. The standard InChI is InChI=1S/C14H20N2O3/c1-4-15(3)14(19)16(10-9-13(17)18)12-7-5-11(2)6-8-12/h5-8H,4,9-10H2,1-3H3,(H,17,18). The summed E-state index contributed by atoms with van der Waals surface area (Å²) in [5.74, 6) is -0.913. The maximum Gasteiger partial charge on any atom is 0.324 e. The van der Waals surface area contributed by atoms with Crippen LogP contribution in [0.5, 0.6) is 0 Å². The largest absolute Gasteiger partial charge is 0.481 e. The van der Waals surface area contributed by atoms with Crippen molar-refractivity contribution >= 4 is 17.7 Å². The number of carboxylic acid groups (broad SMARTS) is 1. The van der Waals surface area contributed by atoms with Crippen LogP contribution in [0.2, 0.25) is 0 Å². The Kier molecular flexibility index (Phi) is 5.36. The zero-order valence-electron chi connectivity index (χ0n) is 11.6. The van der Waals surface area contributed by atoms with Crippen molar-refractivity contribution in [2.75, 3.05) is 25.0 Å².